The van der Waals surface area contributed by atoms with Crippen molar-refractivity contribution in [2.45, 2.75) is 19.5 Å². The average molecular weight is 293 g/mol. The number of rotatable bonds is 5. The predicted molar refractivity (Wildman–Crippen MR) is 79.7 cm³/mol. The molecule has 20 heavy (non-hydrogen) atoms. The molecule has 5 heteroatoms. The number of hydrogen-bond donors (Lipinski definition) is 1. The van der Waals surface area contributed by atoms with Crippen molar-refractivity contribution in [2.75, 3.05) is 12.4 Å². The third kappa shape index (κ3) is 3.85. The summed E-state index contributed by atoms with van der Waals surface area (Å²) >= 11 is 5.89. The number of amides is 1. The molecule has 2 aromatic rings. The molecule has 1 heterocycles. The summed E-state index contributed by atoms with van der Waals surface area (Å²) in [6, 6.07) is 10.5. The van der Waals surface area contributed by atoms with Crippen molar-refractivity contribution in [3.63, 3.8) is 0 Å². The van der Waals surface area contributed by atoms with Crippen LogP contribution in [0.2, 0.25) is 5.02 Å². The molecule has 1 N–H and O–H groups in total. The van der Waals surface area contributed by atoms with Crippen molar-refractivity contribution in [3.8, 4) is 0 Å². The van der Waals surface area contributed by atoms with E-state index in [9.17, 15) is 4.79 Å². The Bertz CT molecular complexity index is 569. The molecule has 0 spiro atoms. The molecule has 2 rings (SSSR count). The molecule has 1 aromatic carbocycles. The van der Waals surface area contributed by atoms with Gasteiger partial charge in [0.05, 0.1) is 18.8 Å². The molecule has 1 atom stereocenters. The number of hydrogen-bond acceptors (Lipinski definition) is 3. The molecular weight excluding hydrogens is 276 g/mol. The van der Waals surface area contributed by atoms with E-state index in [2.05, 4.69) is 5.32 Å². The van der Waals surface area contributed by atoms with Crippen LogP contribution < -0.4 is 5.32 Å². The molecule has 4 nitrogen and oxygen atoms in total. The lowest BCUT2D eigenvalue weighted by Crippen LogP contribution is -2.39. The van der Waals surface area contributed by atoms with Crippen molar-refractivity contribution in [3.05, 3.63) is 53.4 Å². The first-order valence-electron chi connectivity index (χ1n) is 6.35. The maximum Gasteiger partial charge on any atom is 0.241 e. The van der Waals surface area contributed by atoms with Crippen LogP contribution in [-0.4, -0.2) is 23.9 Å². The van der Waals surface area contributed by atoms with Crippen molar-refractivity contribution < 1.29 is 9.21 Å². The van der Waals surface area contributed by atoms with E-state index < -0.39 is 0 Å². The van der Waals surface area contributed by atoms with Crippen LogP contribution in [-0.2, 0) is 11.3 Å². The molecule has 0 aliphatic rings. The molecule has 1 unspecified atom stereocenters. The first kappa shape index (κ1) is 14.6. The second kappa shape index (κ2) is 6.59. The Morgan fingerprint density at radius 1 is 1.40 bits per heavy atom. The Hall–Kier alpha value is -1.78. The summed E-state index contributed by atoms with van der Waals surface area (Å²) in [5, 5.41) is 3.44. The monoisotopic (exact) mass is 292 g/mol. The molecule has 0 aliphatic heterocycles. The van der Waals surface area contributed by atoms with Gasteiger partial charge in [-0.3, -0.25) is 9.69 Å². The summed E-state index contributed by atoms with van der Waals surface area (Å²) in [5.74, 6) is 0.747. The first-order chi connectivity index (χ1) is 9.56. The van der Waals surface area contributed by atoms with Crippen LogP contribution in [0.1, 0.15) is 12.7 Å². The van der Waals surface area contributed by atoms with Gasteiger partial charge in [0.2, 0.25) is 5.91 Å². The summed E-state index contributed by atoms with van der Waals surface area (Å²) in [6.45, 7) is 2.43. The maximum atomic E-state index is 12.2. The molecule has 0 fully saturated rings. The Kier molecular flexibility index (Phi) is 4.82. The Morgan fingerprint density at radius 2 is 2.20 bits per heavy atom. The number of anilines is 1. The molecular formula is C15H17ClN2O2. The van der Waals surface area contributed by atoms with Crippen molar-refractivity contribution in [1.82, 2.24) is 4.90 Å². The van der Waals surface area contributed by atoms with E-state index in [0.717, 1.165) is 5.76 Å². The smallest absolute Gasteiger partial charge is 0.241 e. The molecule has 106 valence electrons. The number of benzene rings is 1. The zero-order chi connectivity index (χ0) is 14.5. The van der Waals surface area contributed by atoms with E-state index in [1.807, 2.05) is 37.1 Å². The summed E-state index contributed by atoms with van der Waals surface area (Å²) in [4.78, 5) is 14.1. The van der Waals surface area contributed by atoms with E-state index in [1.54, 1.807) is 24.5 Å². The summed E-state index contributed by atoms with van der Waals surface area (Å²) in [6.07, 6.45) is 1.62. The fourth-order valence-electron chi connectivity index (χ4n) is 1.80. The molecule has 0 bridgehead atoms. The van der Waals surface area contributed by atoms with Gasteiger partial charge in [0.15, 0.2) is 0 Å². The van der Waals surface area contributed by atoms with Crippen LogP contribution in [0.4, 0.5) is 5.69 Å². The third-order valence-corrected chi connectivity index (χ3v) is 3.35. The van der Waals surface area contributed by atoms with Gasteiger partial charge >= 0.3 is 0 Å². The van der Waals surface area contributed by atoms with Crippen molar-refractivity contribution in [1.29, 1.82) is 0 Å². The van der Waals surface area contributed by atoms with Crippen LogP contribution in [0.5, 0.6) is 0 Å². The normalized spacial score (nSPS) is 12.4. The Labute approximate surface area is 123 Å². The fourth-order valence-corrected chi connectivity index (χ4v) is 1.99. The number of likely N-dealkylation sites (N-methyl/N-ethyl adjacent to an activating group) is 1. The van der Waals surface area contributed by atoms with Crippen LogP contribution in [0.3, 0.4) is 0 Å². The fraction of sp³-hybridized carbons (Fsp3) is 0.267. The van der Waals surface area contributed by atoms with Gasteiger partial charge < -0.3 is 9.73 Å². The number of halogens is 1. The molecule has 1 aromatic heterocycles. The topological polar surface area (TPSA) is 45.5 Å². The Morgan fingerprint density at radius 3 is 2.85 bits per heavy atom. The standard InChI is InChI=1S/C15H17ClN2O2/c1-11(18(2)10-14-7-4-8-20-14)15(19)17-13-6-3-5-12(16)9-13/h3-9,11H,10H2,1-2H3,(H,17,19). The molecule has 0 radical (unpaired) electrons. The second-order valence-corrected chi connectivity index (χ2v) is 5.11. The SMILES string of the molecule is CC(C(=O)Nc1cccc(Cl)c1)N(C)Cc1ccco1. The maximum absolute atomic E-state index is 12.2. The second-order valence-electron chi connectivity index (χ2n) is 4.67. The van der Waals surface area contributed by atoms with Gasteiger partial charge in [-0.15, -0.1) is 0 Å². The molecule has 0 saturated carbocycles. The number of nitrogens with zero attached hydrogens (tertiary/aromatic N) is 1. The van der Waals surface area contributed by atoms with Gasteiger partial charge in [-0.05, 0) is 44.3 Å². The minimum atomic E-state index is -0.279. The number of carbonyl (C=O) groups is 1. The minimum absolute atomic E-state index is 0.0821. The zero-order valence-corrected chi connectivity index (χ0v) is 12.2. The lowest BCUT2D eigenvalue weighted by molar-refractivity contribution is -0.120. The predicted octanol–water partition coefficient (Wildman–Crippen LogP) is 3.39. The Balaban J connectivity index is 1.94. The molecule has 1 amide bonds. The van der Waals surface area contributed by atoms with E-state index >= 15 is 0 Å². The minimum Gasteiger partial charge on any atom is -0.468 e. The van der Waals surface area contributed by atoms with Crippen LogP contribution in [0, 0.1) is 0 Å². The number of furan rings is 1. The highest BCUT2D eigenvalue weighted by molar-refractivity contribution is 6.30. The first-order valence-corrected chi connectivity index (χ1v) is 6.73. The van der Waals surface area contributed by atoms with Crippen molar-refractivity contribution in [2.24, 2.45) is 0 Å². The van der Waals surface area contributed by atoms with E-state index in [-0.39, 0.29) is 11.9 Å². The van der Waals surface area contributed by atoms with E-state index in [4.69, 9.17) is 16.0 Å². The van der Waals surface area contributed by atoms with Crippen LogP contribution >= 0.6 is 11.6 Å². The van der Waals surface area contributed by atoms with E-state index in [0.29, 0.717) is 17.3 Å². The highest BCUT2D eigenvalue weighted by Crippen LogP contribution is 2.16. The highest BCUT2D eigenvalue weighted by atomic mass is 35.5. The zero-order valence-electron chi connectivity index (χ0n) is 11.5. The number of nitrogens with one attached hydrogen (secondary N) is 1. The molecule has 0 aliphatic carbocycles. The summed E-state index contributed by atoms with van der Waals surface area (Å²) < 4.78 is 5.28. The van der Waals surface area contributed by atoms with Gasteiger partial charge in [-0.1, -0.05) is 17.7 Å². The van der Waals surface area contributed by atoms with Gasteiger partial charge in [0, 0.05) is 10.7 Å². The van der Waals surface area contributed by atoms with Gasteiger partial charge in [0.1, 0.15) is 5.76 Å². The summed E-state index contributed by atoms with van der Waals surface area (Å²) in [5.41, 5.74) is 0.695. The largest absolute Gasteiger partial charge is 0.468 e. The quantitative estimate of drug-likeness (QED) is 0.919. The number of carbonyl (C=O) groups excluding carboxylic acids is 1. The van der Waals surface area contributed by atoms with Crippen LogP contribution in [0.15, 0.2) is 47.1 Å². The van der Waals surface area contributed by atoms with Gasteiger partial charge in [0.25, 0.3) is 0 Å². The van der Waals surface area contributed by atoms with E-state index in [1.165, 1.54) is 0 Å². The summed E-state index contributed by atoms with van der Waals surface area (Å²) in [7, 11) is 1.88. The van der Waals surface area contributed by atoms with Gasteiger partial charge in [-0.2, -0.15) is 0 Å². The average Bonchev–Trinajstić information content (AvgIpc) is 2.90. The molecule has 0 saturated heterocycles. The third-order valence-electron chi connectivity index (χ3n) is 3.12. The van der Waals surface area contributed by atoms with Crippen molar-refractivity contribution >= 4 is 23.2 Å². The van der Waals surface area contributed by atoms with Gasteiger partial charge in [-0.25, -0.2) is 0 Å². The highest BCUT2D eigenvalue weighted by Gasteiger charge is 2.19. The van der Waals surface area contributed by atoms with Crippen LogP contribution in [0.25, 0.3) is 0 Å². The lowest BCUT2D eigenvalue weighted by atomic mass is 10.2. The lowest BCUT2D eigenvalue weighted by Gasteiger charge is -2.22.